The van der Waals surface area contributed by atoms with E-state index in [2.05, 4.69) is 39.6 Å². The van der Waals surface area contributed by atoms with E-state index >= 15 is 0 Å². The van der Waals surface area contributed by atoms with Crippen molar-refractivity contribution in [1.82, 2.24) is 15.3 Å². The van der Waals surface area contributed by atoms with Crippen molar-refractivity contribution in [3.05, 3.63) is 42.2 Å². The van der Waals surface area contributed by atoms with Gasteiger partial charge in [-0.15, -0.1) is 0 Å². The van der Waals surface area contributed by atoms with Crippen LogP contribution in [0.5, 0.6) is 0 Å². The SMILES string of the molecule is COCCN(C)c1ncc(-c2ccc(CC(C)NC(C)=O)cc2)cn1. The van der Waals surface area contributed by atoms with Crippen molar-refractivity contribution in [2.24, 2.45) is 0 Å². The van der Waals surface area contributed by atoms with Gasteiger partial charge in [-0.1, -0.05) is 24.3 Å². The van der Waals surface area contributed by atoms with E-state index in [9.17, 15) is 4.79 Å². The lowest BCUT2D eigenvalue weighted by molar-refractivity contribution is -0.119. The first kappa shape index (κ1) is 18.9. The Hall–Kier alpha value is -2.47. The molecular formula is C19H26N4O2. The number of amides is 1. The van der Waals surface area contributed by atoms with Crippen LogP contribution in [0.2, 0.25) is 0 Å². The molecule has 1 aromatic heterocycles. The van der Waals surface area contributed by atoms with E-state index in [0.717, 1.165) is 24.1 Å². The molecule has 0 spiro atoms. The number of hydrogen-bond acceptors (Lipinski definition) is 5. The van der Waals surface area contributed by atoms with Gasteiger partial charge >= 0.3 is 0 Å². The van der Waals surface area contributed by atoms with Gasteiger partial charge in [-0.3, -0.25) is 4.79 Å². The van der Waals surface area contributed by atoms with Gasteiger partial charge in [0.1, 0.15) is 0 Å². The third-order valence-electron chi connectivity index (χ3n) is 3.89. The van der Waals surface area contributed by atoms with Crippen LogP contribution < -0.4 is 10.2 Å². The van der Waals surface area contributed by atoms with Crippen LogP contribution in [0.4, 0.5) is 5.95 Å². The fourth-order valence-electron chi connectivity index (χ4n) is 2.58. The second-order valence-corrected chi connectivity index (χ2v) is 6.19. The smallest absolute Gasteiger partial charge is 0.225 e. The highest BCUT2D eigenvalue weighted by molar-refractivity contribution is 5.73. The monoisotopic (exact) mass is 342 g/mol. The fourth-order valence-corrected chi connectivity index (χ4v) is 2.58. The van der Waals surface area contributed by atoms with Crippen molar-refractivity contribution >= 4 is 11.9 Å². The Morgan fingerprint density at radius 2 is 1.84 bits per heavy atom. The number of anilines is 1. The molecule has 0 bridgehead atoms. The maximum Gasteiger partial charge on any atom is 0.225 e. The molecule has 0 aliphatic rings. The van der Waals surface area contributed by atoms with E-state index in [0.29, 0.717) is 12.6 Å². The van der Waals surface area contributed by atoms with Gasteiger partial charge in [-0.05, 0) is 24.5 Å². The van der Waals surface area contributed by atoms with Gasteiger partial charge < -0.3 is 15.0 Å². The van der Waals surface area contributed by atoms with Gasteiger partial charge in [0.05, 0.1) is 6.61 Å². The first-order chi connectivity index (χ1) is 12.0. The Morgan fingerprint density at radius 1 is 1.20 bits per heavy atom. The number of rotatable bonds is 8. The number of benzene rings is 1. The highest BCUT2D eigenvalue weighted by Gasteiger charge is 2.07. The zero-order valence-electron chi connectivity index (χ0n) is 15.3. The molecule has 1 unspecified atom stereocenters. The van der Waals surface area contributed by atoms with E-state index in [1.54, 1.807) is 7.11 Å². The average molecular weight is 342 g/mol. The molecule has 6 heteroatoms. The second kappa shape index (κ2) is 9.13. The maximum atomic E-state index is 11.1. The lowest BCUT2D eigenvalue weighted by atomic mass is 10.0. The van der Waals surface area contributed by atoms with Gasteiger partial charge in [0.25, 0.3) is 0 Å². The summed E-state index contributed by atoms with van der Waals surface area (Å²) in [6, 6.07) is 8.39. The summed E-state index contributed by atoms with van der Waals surface area (Å²) >= 11 is 0. The van der Waals surface area contributed by atoms with Crippen LogP contribution in [0.3, 0.4) is 0 Å². The summed E-state index contributed by atoms with van der Waals surface area (Å²) in [5, 5.41) is 2.90. The minimum Gasteiger partial charge on any atom is -0.383 e. The first-order valence-corrected chi connectivity index (χ1v) is 8.38. The molecule has 6 nitrogen and oxygen atoms in total. The number of nitrogens with one attached hydrogen (secondary N) is 1. The van der Waals surface area contributed by atoms with Gasteiger partial charge in [0.15, 0.2) is 0 Å². The molecule has 1 N–H and O–H groups in total. The Balaban J connectivity index is 2.00. The molecule has 2 aromatic rings. The van der Waals surface area contributed by atoms with Gasteiger partial charge in [-0.2, -0.15) is 0 Å². The lowest BCUT2D eigenvalue weighted by Crippen LogP contribution is -2.31. The zero-order chi connectivity index (χ0) is 18.2. The van der Waals surface area contributed by atoms with E-state index in [1.165, 1.54) is 12.5 Å². The summed E-state index contributed by atoms with van der Waals surface area (Å²) in [5.74, 6) is 0.679. The number of ether oxygens (including phenoxy) is 1. The standard InChI is InChI=1S/C19H26N4O2/c1-14(22-15(2)24)11-16-5-7-17(8-6-16)18-12-20-19(21-13-18)23(3)9-10-25-4/h5-8,12-14H,9-11H2,1-4H3,(H,22,24). The molecule has 0 aliphatic heterocycles. The van der Waals surface area contributed by atoms with E-state index in [4.69, 9.17) is 4.74 Å². The molecule has 1 aromatic carbocycles. The third-order valence-corrected chi connectivity index (χ3v) is 3.89. The predicted octanol–water partition coefficient (Wildman–Crippen LogP) is 2.29. The van der Waals surface area contributed by atoms with Crippen molar-refractivity contribution in [2.75, 3.05) is 32.2 Å². The number of carbonyl (C=O) groups excluding carboxylic acids is 1. The minimum atomic E-state index is -0.00294. The number of hydrogen-bond donors (Lipinski definition) is 1. The van der Waals surface area contributed by atoms with Crippen molar-refractivity contribution < 1.29 is 9.53 Å². The topological polar surface area (TPSA) is 67.3 Å². The summed E-state index contributed by atoms with van der Waals surface area (Å²) in [7, 11) is 3.62. The molecule has 1 atom stereocenters. The molecule has 134 valence electrons. The van der Waals surface area contributed by atoms with Crippen molar-refractivity contribution in [3.8, 4) is 11.1 Å². The Bertz CT molecular complexity index is 671. The van der Waals surface area contributed by atoms with Crippen molar-refractivity contribution in [2.45, 2.75) is 26.3 Å². The molecule has 0 aliphatic carbocycles. The number of nitrogens with zero attached hydrogens (tertiary/aromatic N) is 3. The van der Waals surface area contributed by atoms with Crippen LogP contribution in [0.25, 0.3) is 11.1 Å². The second-order valence-electron chi connectivity index (χ2n) is 6.19. The highest BCUT2D eigenvalue weighted by atomic mass is 16.5. The largest absolute Gasteiger partial charge is 0.383 e. The summed E-state index contributed by atoms with van der Waals surface area (Å²) in [4.78, 5) is 21.9. The maximum absolute atomic E-state index is 11.1. The molecular weight excluding hydrogens is 316 g/mol. The molecule has 2 rings (SSSR count). The Morgan fingerprint density at radius 3 is 2.40 bits per heavy atom. The van der Waals surface area contributed by atoms with Crippen LogP contribution in [-0.2, 0) is 16.0 Å². The molecule has 0 radical (unpaired) electrons. The fraction of sp³-hybridized carbons (Fsp3) is 0.421. The lowest BCUT2D eigenvalue weighted by Gasteiger charge is -2.16. The summed E-state index contributed by atoms with van der Waals surface area (Å²) in [5.41, 5.74) is 3.23. The van der Waals surface area contributed by atoms with Crippen LogP contribution in [0.15, 0.2) is 36.7 Å². The zero-order valence-corrected chi connectivity index (χ0v) is 15.3. The van der Waals surface area contributed by atoms with E-state index < -0.39 is 0 Å². The van der Waals surface area contributed by atoms with E-state index in [1.807, 2.05) is 31.3 Å². The summed E-state index contributed by atoms with van der Waals surface area (Å²) < 4.78 is 5.07. The van der Waals surface area contributed by atoms with Gasteiger partial charge in [0, 0.05) is 51.6 Å². The molecule has 0 saturated carbocycles. The van der Waals surface area contributed by atoms with Crippen LogP contribution in [0, 0.1) is 0 Å². The normalized spacial score (nSPS) is 11.8. The Labute approximate surface area is 149 Å². The third kappa shape index (κ3) is 5.83. The number of methoxy groups -OCH3 is 1. The molecule has 1 heterocycles. The minimum absolute atomic E-state index is 0.00294. The quantitative estimate of drug-likeness (QED) is 0.797. The van der Waals surface area contributed by atoms with Crippen LogP contribution in [0.1, 0.15) is 19.4 Å². The first-order valence-electron chi connectivity index (χ1n) is 8.38. The molecule has 25 heavy (non-hydrogen) atoms. The summed E-state index contributed by atoms with van der Waals surface area (Å²) in [6.07, 6.45) is 4.47. The number of likely N-dealkylation sites (N-methyl/N-ethyl adjacent to an activating group) is 1. The molecule has 0 fully saturated rings. The predicted molar refractivity (Wildman–Crippen MR) is 99.6 cm³/mol. The molecule has 1 amide bonds. The van der Waals surface area contributed by atoms with E-state index in [-0.39, 0.29) is 11.9 Å². The van der Waals surface area contributed by atoms with Gasteiger partial charge in [-0.25, -0.2) is 9.97 Å². The van der Waals surface area contributed by atoms with Crippen molar-refractivity contribution in [1.29, 1.82) is 0 Å². The number of carbonyl (C=O) groups is 1. The van der Waals surface area contributed by atoms with Gasteiger partial charge in [0.2, 0.25) is 11.9 Å². The summed E-state index contributed by atoms with van der Waals surface area (Å²) in [6.45, 7) is 4.93. The number of aromatic nitrogens is 2. The Kier molecular flexibility index (Phi) is 6.89. The molecule has 0 saturated heterocycles. The van der Waals surface area contributed by atoms with Crippen LogP contribution in [-0.4, -0.2) is 49.2 Å². The van der Waals surface area contributed by atoms with Crippen LogP contribution >= 0.6 is 0 Å². The highest BCUT2D eigenvalue weighted by Crippen LogP contribution is 2.20. The van der Waals surface area contributed by atoms with Crippen molar-refractivity contribution in [3.63, 3.8) is 0 Å². The average Bonchev–Trinajstić information content (AvgIpc) is 2.59.